The normalized spacial score (nSPS) is 24.3. The summed E-state index contributed by atoms with van der Waals surface area (Å²) >= 11 is 5.85. The zero-order valence-corrected chi connectivity index (χ0v) is 31.3. The number of unbranched alkanes of at least 4 members (excludes halogenated alkanes) is 4. The summed E-state index contributed by atoms with van der Waals surface area (Å²) < 4.78 is 29.7. The van der Waals surface area contributed by atoms with Gasteiger partial charge in [0.15, 0.2) is 9.84 Å². The first-order chi connectivity index (χ1) is 22.6. The highest BCUT2D eigenvalue weighted by atomic mass is 32.2. The van der Waals surface area contributed by atoms with Gasteiger partial charge in [-0.3, -0.25) is 5.32 Å². The Balaban J connectivity index is 1.34. The number of rotatable bonds is 16. The molecule has 4 aliphatic rings. The molecule has 1 unspecified atom stereocenters. The van der Waals surface area contributed by atoms with E-state index in [0.717, 1.165) is 91.3 Å². The van der Waals surface area contributed by atoms with Gasteiger partial charge in [-0.25, -0.2) is 8.42 Å². The summed E-state index contributed by atoms with van der Waals surface area (Å²) in [5.41, 5.74) is 3.45. The molecule has 0 aromatic heterocycles. The lowest BCUT2D eigenvalue weighted by molar-refractivity contribution is -0.942. The molecule has 2 aromatic carbocycles. The van der Waals surface area contributed by atoms with Crippen molar-refractivity contribution in [1.82, 2.24) is 5.32 Å². The van der Waals surface area contributed by atoms with E-state index in [2.05, 4.69) is 73.7 Å². The van der Waals surface area contributed by atoms with E-state index in [1.54, 1.807) is 0 Å². The second-order valence-corrected chi connectivity index (χ2v) is 17.5. The van der Waals surface area contributed by atoms with E-state index in [9.17, 15) is 8.42 Å². The highest BCUT2D eigenvalue weighted by molar-refractivity contribution is 7.91. The van der Waals surface area contributed by atoms with Crippen LogP contribution in [-0.2, 0) is 9.84 Å². The first kappa shape index (κ1) is 36.3. The fraction of sp³-hybridized carbons (Fsp3) is 0.667. The van der Waals surface area contributed by atoms with Crippen molar-refractivity contribution in [2.24, 2.45) is 5.92 Å². The number of thiocarbonyl (C=S) groups is 1. The van der Waals surface area contributed by atoms with Crippen LogP contribution in [0.1, 0.15) is 121 Å². The van der Waals surface area contributed by atoms with Crippen molar-refractivity contribution < 1.29 is 12.9 Å². The van der Waals surface area contributed by atoms with E-state index in [1.807, 2.05) is 12.1 Å². The Morgan fingerprint density at radius 3 is 2.32 bits per heavy atom. The van der Waals surface area contributed by atoms with E-state index in [4.69, 9.17) is 12.2 Å². The predicted octanol–water partition coefficient (Wildman–Crippen LogP) is 8.66. The molecule has 4 heterocycles. The molecule has 3 fully saturated rings. The maximum atomic E-state index is 14.2. The minimum Gasteiger partial charge on any atom is -0.375 e. The fourth-order valence-electron chi connectivity index (χ4n) is 8.44. The largest absolute Gasteiger partial charge is 0.375 e. The van der Waals surface area contributed by atoms with Crippen LogP contribution in [0.3, 0.4) is 0 Å². The minimum absolute atomic E-state index is 0.134. The van der Waals surface area contributed by atoms with E-state index < -0.39 is 15.4 Å². The zero-order chi connectivity index (χ0) is 33.5. The van der Waals surface area contributed by atoms with E-state index in [0.29, 0.717) is 4.90 Å². The molecule has 1 atom stereocenters. The summed E-state index contributed by atoms with van der Waals surface area (Å²) in [6.07, 6.45) is 14.6. The van der Waals surface area contributed by atoms with Crippen molar-refractivity contribution in [3.05, 3.63) is 53.6 Å². The van der Waals surface area contributed by atoms with Gasteiger partial charge in [-0.1, -0.05) is 63.9 Å². The lowest BCUT2D eigenvalue weighted by Crippen LogP contribution is -2.58. The first-order valence-electron chi connectivity index (χ1n) is 18.7. The smallest absolute Gasteiger partial charge is 0.180 e. The number of hydrogen-bond acceptors (Lipinski definition) is 5. The zero-order valence-electron chi connectivity index (χ0n) is 29.7. The lowest BCUT2D eigenvalue weighted by atomic mass is 9.85. The van der Waals surface area contributed by atoms with E-state index in [-0.39, 0.29) is 11.8 Å². The Bertz CT molecular complexity index is 1430. The molecule has 2 N–H and O–H groups in total. The molecule has 3 saturated heterocycles. The molecule has 2 aromatic rings. The topological polar surface area (TPSA) is 61.4 Å². The molecular weight excluding hydrogens is 621 g/mol. The first-order valence-corrected chi connectivity index (χ1v) is 20.8. The monoisotopic (exact) mass is 681 g/mol. The van der Waals surface area contributed by atoms with Crippen LogP contribution < -0.4 is 15.5 Å². The SMILES string of the molecule is CCCCC1(CCCC)CS(=O)(=O)c2ccc(N(C)CC)cc2C(c2cccc(NC(=S)CCCCC[N+]34CCC(CC3)CC4)c2)N1. The van der Waals surface area contributed by atoms with Crippen molar-refractivity contribution >= 4 is 38.4 Å². The maximum Gasteiger partial charge on any atom is 0.180 e. The van der Waals surface area contributed by atoms with Crippen LogP contribution in [0.25, 0.3) is 0 Å². The molecule has 47 heavy (non-hydrogen) atoms. The number of sulfone groups is 1. The van der Waals surface area contributed by atoms with Gasteiger partial charge in [0, 0.05) is 30.5 Å². The lowest BCUT2D eigenvalue weighted by Gasteiger charge is -2.49. The summed E-state index contributed by atoms with van der Waals surface area (Å²) in [7, 11) is -1.45. The minimum atomic E-state index is -3.51. The van der Waals surface area contributed by atoms with Gasteiger partial charge < -0.3 is 14.7 Å². The summed E-state index contributed by atoms with van der Waals surface area (Å²) in [6, 6.07) is 14.2. The maximum absolute atomic E-state index is 14.2. The fourth-order valence-corrected chi connectivity index (χ4v) is 10.8. The second-order valence-electron chi connectivity index (χ2n) is 15.0. The Hall–Kier alpha value is -2.00. The Labute approximate surface area is 291 Å². The quantitative estimate of drug-likeness (QED) is 0.105. The van der Waals surface area contributed by atoms with Crippen molar-refractivity contribution in [2.75, 3.05) is 55.7 Å². The van der Waals surface area contributed by atoms with Crippen LogP contribution in [0.2, 0.25) is 0 Å². The predicted molar refractivity (Wildman–Crippen MR) is 202 cm³/mol. The molecule has 260 valence electrons. The Morgan fingerprint density at radius 2 is 1.66 bits per heavy atom. The molecule has 0 saturated carbocycles. The van der Waals surface area contributed by atoms with Gasteiger partial charge >= 0.3 is 0 Å². The average Bonchev–Trinajstić information content (AvgIpc) is 3.18. The number of piperidine rings is 3. The molecular formula is C39H61N4O2S2+. The van der Waals surface area contributed by atoms with Gasteiger partial charge in [-0.2, -0.15) is 0 Å². The molecule has 0 aliphatic carbocycles. The van der Waals surface area contributed by atoms with Gasteiger partial charge in [-0.15, -0.1) is 0 Å². The number of nitrogens with zero attached hydrogens (tertiary/aromatic N) is 2. The molecule has 0 radical (unpaired) electrons. The van der Waals surface area contributed by atoms with Gasteiger partial charge in [0.1, 0.15) is 0 Å². The summed E-state index contributed by atoms with van der Waals surface area (Å²) in [5.74, 6) is 1.15. The highest BCUT2D eigenvalue weighted by Gasteiger charge is 2.43. The Kier molecular flexibility index (Phi) is 12.5. The van der Waals surface area contributed by atoms with Gasteiger partial charge in [-0.05, 0) is 112 Å². The number of anilines is 2. The molecule has 2 bridgehead atoms. The standard InChI is InChI=1S/C39H60N4O2S2/c1-5-8-22-39(23-9-6-2)30-47(44,45)36-18-17-34(42(4)7-3)29-35(36)38(41-39)32-14-13-15-33(28-32)40-37(46)16-11-10-12-24-43-25-19-31(20-26-43)21-27-43/h13-15,17-18,28-29,31,38,41H,5-12,16,19-27,30H2,1-4H3/p+1. The molecule has 6 nitrogen and oxygen atoms in total. The van der Waals surface area contributed by atoms with Crippen LogP contribution in [0.4, 0.5) is 11.4 Å². The van der Waals surface area contributed by atoms with Crippen molar-refractivity contribution in [2.45, 2.75) is 121 Å². The molecule has 8 heteroatoms. The van der Waals surface area contributed by atoms with Crippen LogP contribution >= 0.6 is 12.2 Å². The van der Waals surface area contributed by atoms with Crippen molar-refractivity contribution in [3.63, 3.8) is 0 Å². The van der Waals surface area contributed by atoms with Crippen molar-refractivity contribution in [1.29, 1.82) is 0 Å². The number of nitrogens with one attached hydrogen (secondary N) is 2. The summed E-state index contributed by atoms with van der Waals surface area (Å²) in [4.78, 5) is 3.52. The van der Waals surface area contributed by atoms with Crippen LogP contribution in [-0.4, -0.2) is 69.0 Å². The number of fused-ring (bicyclic) bond motifs is 4. The third-order valence-electron chi connectivity index (χ3n) is 11.6. The van der Waals surface area contributed by atoms with E-state index >= 15 is 0 Å². The number of hydrogen-bond donors (Lipinski definition) is 2. The second kappa shape index (κ2) is 16.1. The molecule has 6 rings (SSSR count). The summed E-state index contributed by atoms with van der Waals surface area (Å²) in [6.45, 7) is 12.9. The van der Waals surface area contributed by atoms with Crippen LogP contribution in [0, 0.1) is 5.92 Å². The molecule has 0 amide bonds. The third kappa shape index (κ3) is 8.97. The number of benzene rings is 2. The van der Waals surface area contributed by atoms with Crippen LogP contribution in [0.5, 0.6) is 0 Å². The average molecular weight is 682 g/mol. The highest BCUT2D eigenvalue weighted by Crippen LogP contribution is 2.41. The summed E-state index contributed by atoms with van der Waals surface area (Å²) in [5, 5.41) is 7.56. The van der Waals surface area contributed by atoms with E-state index in [1.165, 1.54) is 62.8 Å². The van der Waals surface area contributed by atoms with Gasteiger partial charge in [0.05, 0.1) is 47.9 Å². The van der Waals surface area contributed by atoms with Crippen molar-refractivity contribution in [3.8, 4) is 0 Å². The third-order valence-corrected chi connectivity index (χ3v) is 13.8. The van der Waals surface area contributed by atoms with Gasteiger partial charge in [0.2, 0.25) is 0 Å². The number of quaternary nitrogens is 1. The van der Waals surface area contributed by atoms with Gasteiger partial charge in [0.25, 0.3) is 0 Å². The molecule has 0 spiro atoms. The Morgan fingerprint density at radius 1 is 0.957 bits per heavy atom. The van der Waals surface area contributed by atoms with Crippen LogP contribution in [0.15, 0.2) is 47.4 Å². The molecule has 4 aliphatic heterocycles.